The summed E-state index contributed by atoms with van der Waals surface area (Å²) in [4.78, 5) is 57.8. The summed E-state index contributed by atoms with van der Waals surface area (Å²) in [6.07, 6.45) is 6.95. The van der Waals surface area contributed by atoms with Crippen LogP contribution in [0.15, 0.2) is 48.5 Å². The number of ether oxygens (including phenoxy) is 4. The molecule has 0 fully saturated rings. The summed E-state index contributed by atoms with van der Waals surface area (Å²) in [5, 5.41) is 18.2. The number of aryl methyl sites for hydroxylation is 4. The van der Waals surface area contributed by atoms with Gasteiger partial charge in [-0.15, -0.1) is 0 Å². The number of nitrogens with one attached hydrogen (secondary N) is 6. The molecule has 16 nitrogen and oxygen atoms in total. The third-order valence-corrected chi connectivity index (χ3v) is 13.8. The van der Waals surface area contributed by atoms with Crippen molar-refractivity contribution < 1.29 is 38.1 Å². The van der Waals surface area contributed by atoms with Crippen molar-refractivity contribution in [3.05, 3.63) is 115 Å². The maximum Gasteiger partial charge on any atom is 0.257 e. The topological polar surface area (TPSA) is 184 Å². The van der Waals surface area contributed by atoms with Crippen LogP contribution in [0, 0.1) is 18.8 Å². The largest absolute Gasteiger partial charge is 0.483 e. The molecular formula is C66H102N8O8. The van der Waals surface area contributed by atoms with Gasteiger partial charge in [-0.05, 0) is 160 Å². The Morgan fingerprint density at radius 1 is 0.427 bits per heavy atom. The maximum atomic E-state index is 13.8. The number of rotatable bonds is 39. The summed E-state index contributed by atoms with van der Waals surface area (Å²) in [7, 11) is 11.6. The molecule has 0 saturated heterocycles. The van der Waals surface area contributed by atoms with Crippen LogP contribution in [0.3, 0.4) is 0 Å². The molecule has 0 spiro atoms. The molecule has 4 aromatic rings. The second kappa shape index (κ2) is 36.4. The lowest BCUT2D eigenvalue weighted by Crippen LogP contribution is -2.34. The van der Waals surface area contributed by atoms with E-state index in [1.54, 1.807) is 0 Å². The van der Waals surface area contributed by atoms with Gasteiger partial charge in [0.25, 0.3) is 23.6 Å². The first-order chi connectivity index (χ1) is 39.3. The lowest BCUT2D eigenvalue weighted by Gasteiger charge is -2.23. The van der Waals surface area contributed by atoms with Crippen molar-refractivity contribution in [3.8, 4) is 23.0 Å². The van der Waals surface area contributed by atoms with Crippen LogP contribution in [0.25, 0.3) is 0 Å². The normalized spacial score (nSPS) is 11.4. The lowest BCUT2D eigenvalue weighted by molar-refractivity contribution is -0.123. The Kier molecular flexibility index (Phi) is 30.3. The van der Waals surface area contributed by atoms with Gasteiger partial charge in [0.1, 0.15) is 23.0 Å². The summed E-state index contributed by atoms with van der Waals surface area (Å²) in [6.45, 7) is 21.1. The van der Waals surface area contributed by atoms with E-state index in [2.05, 4.69) is 129 Å². The van der Waals surface area contributed by atoms with Crippen LogP contribution >= 0.6 is 0 Å². The molecule has 0 aliphatic rings. The first-order valence-corrected chi connectivity index (χ1v) is 30.0. The second-order valence-corrected chi connectivity index (χ2v) is 23.1. The lowest BCUT2D eigenvalue weighted by atomic mass is 9.88. The standard InChI is InChI=1S/C66H102N8O8/c1-15-18-48-30-47(8)63(79-41-61(77)71-24-26-73(11)12)53(31-48)38-57-36-51(29-46(6)7)37-58(66(57)81-43-60(76)70-23-21-68-10)40-55-33-49(19-16-2)32-54(65(55)82-44-62(78)72-25-27-74(13)14)39-56-35-50(28-45(4)5)34-52(17-3)64(56)80-42-59(75)69-22-20-67-9/h30-37,45-46,67-68H,15-29,38-44H2,1-14H3,(H,69,75)(H,70,76)(H,71,77)(H,72,78). The van der Waals surface area contributed by atoms with Crippen molar-refractivity contribution in [2.45, 2.75) is 120 Å². The molecule has 82 heavy (non-hydrogen) atoms. The average molecular weight is 1140 g/mol. The molecule has 0 aromatic heterocycles. The van der Waals surface area contributed by atoms with Gasteiger partial charge >= 0.3 is 0 Å². The van der Waals surface area contributed by atoms with E-state index in [1.165, 1.54) is 5.56 Å². The second-order valence-electron chi connectivity index (χ2n) is 23.1. The summed E-state index contributed by atoms with van der Waals surface area (Å²) < 4.78 is 26.7. The molecule has 16 heteroatoms. The van der Waals surface area contributed by atoms with Gasteiger partial charge in [0.2, 0.25) is 0 Å². The molecule has 4 rings (SSSR count). The minimum atomic E-state index is -0.250. The van der Waals surface area contributed by atoms with Crippen molar-refractivity contribution >= 4 is 23.6 Å². The predicted molar refractivity (Wildman–Crippen MR) is 332 cm³/mol. The summed E-state index contributed by atoms with van der Waals surface area (Å²) in [5.41, 5.74) is 11.8. The molecule has 4 amide bonds. The van der Waals surface area contributed by atoms with Crippen molar-refractivity contribution in [1.29, 1.82) is 0 Å². The van der Waals surface area contributed by atoms with Crippen LogP contribution in [-0.4, -0.2) is 155 Å². The fourth-order valence-corrected chi connectivity index (χ4v) is 10.1. The molecule has 0 aliphatic heterocycles. The van der Waals surface area contributed by atoms with Crippen molar-refractivity contribution in [2.24, 2.45) is 11.8 Å². The highest BCUT2D eigenvalue weighted by molar-refractivity contribution is 5.79. The zero-order valence-corrected chi connectivity index (χ0v) is 52.5. The molecule has 0 bridgehead atoms. The summed E-state index contributed by atoms with van der Waals surface area (Å²) >= 11 is 0. The first-order valence-electron chi connectivity index (χ1n) is 30.0. The van der Waals surface area contributed by atoms with Gasteiger partial charge in [-0.25, -0.2) is 0 Å². The third-order valence-electron chi connectivity index (χ3n) is 13.8. The minimum absolute atomic E-state index is 0.140. The molecule has 0 unspecified atom stereocenters. The number of carbonyl (C=O) groups excluding carboxylic acids is 4. The molecule has 0 heterocycles. The molecule has 6 N–H and O–H groups in total. The van der Waals surface area contributed by atoms with E-state index in [0.717, 1.165) is 99.7 Å². The average Bonchev–Trinajstić information content (AvgIpc) is 2.97. The number of benzene rings is 4. The monoisotopic (exact) mass is 1130 g/mol. The van der Waals surface area contributed by atoms with E-state index in [4.69, 9.17) is 18.9 Å². The fraction of sp³-hybridized carbons (Fsp3) is 0.576. The molecular weight excluding hydrogens is 1030 g/mol. The molecule has 0 radical (unpaired) electrons. The van der Waals surface area contributed by atoms with Gasteiger partial charge in [0, 0.05) is 71.6 Å². The molecule has 0 aliphatic carbocycles. The van der Waals surface area contributed by atoms with Crippen LogP contribution in [-0.2, 0) is 70.5 Å². The molecule has 0 saturated carbocycles. The highest BCUT2D eigenvalue weighted by atomic mass is 16.5. The Morgan fingerprint density at radius 3 is 1.06 bits per heavy atom. The van der Waals surface area contributed by atoms with Gasteiger partial charge < -0.3 is 60.6 Å². The number of likely N-dealkylation sites (N-methyl/N-ethyl adjacent to an activating group) is 4. The van der Waals surface area contributed by atoms with E-state index in [9.17, 15) is 19.2 Å². The summed E-state index contributed by atoms with van der Waals surface area (Å²) in [6, 6.07) is 17.5. The van der Waals surface area contributed by atoms with Crippen LogP contribution in [0.4, 0.5) is 0 Å². The van der Waals surface area contributed by atoms with E-state index in [0.29, 0.717) is 113 Å². The van der Waals surface area contributed by atoms with E-state index < -0.39 is 0 Å². The number of hydrogen-bond acceptors (Lipinski definition) is 12. The van der Waals surface area contributed by atoms with Gasteiger partial charge in [0.15, 0.2) is 26.4 Å². The van der Waals surface area contributed by atoms with Gasteiger partial charge in [-0.3, -0.25) is 19.2 Å². The van der Waals surface area contributed by atoms with Gasteiger partial charge in [0.05, 0.1) is 0 Å². The molecule has 4 aromatic carbocycles. The fourth-order valence-electron chi connectivity index (χ4n) is 10.1. The van der Waals surface area contributed by atoms with E-state index >= 15 is 0 Å². The Hall–Kier alpha value is -6.20. The Labute approximate surface area is 492 Å². The SMILES string of the molecule is CCCc1cc(C)c(OCC(=O)NCCN(C)C)c(Cc2cc(CC(C)C)cc(Cc3cc(CCC)cc(Cc4cc(CC(C)C)cc(CC)c4OCC(=O)NCCNC)c3OCC(=O)NCCN(C)C)c2OCC(=O)NCCNC)c1. The van der Waals surface area contributed by atoms with Crippen LogP contribution < -0.4 is 50.8 Å². The van der Waals surface area contributed by atoms with Crippen molar-refractivity contribution in [2.75, 3.05) is 121 Å². The molecule has 454 valence electrons. The Bertz CT molecular complexity index is 2650. The Morgan fingerprint density at radius 2 is 0.732 bits per heavy atom. The van der Waals surface area contributed by atoms with Crippen LogP contribution in [0.1, 0.15) is 128 Å². The predicted octanol–water partition coefficient (Wildman–Crippen LogP) is 7.17. The first kappa shape index (κ1) is 68.3. The van der Waals surface area contributed by atoms with E-state index in [-0.39, 0.29) is 50.1 Å². The van der Waals surface area contributed by atoms with Gasteiger partial charge in [-0.2, -0.15) is 0 Å². The van der Waals surface area contributed by atoms with Gasteiger partial charge in [-0.1, -0.05) is 110 Å². The summed E-state index contributed by atoms with van der Waals surface area (Å²) in [5.74, 6) is 2.29. The van der Waals surface area contributed by atoms with E-state index in [1.807, 2.05) is 59.0 Å². The number of carbonyl (C=O) groups is 4. The highest BCUT2D eigenvalue weighted by Crippen LogP contribution is 2.40. The highest BCUT2D eigenvalue weighted by Gasteiger charge is 2.24. The minimum Gasteiger partial charge on any atom is -0.483 e. The van der Waals surface area contributed by atoms with Crippen molar-refractivity contribution in [3.63, 3.8) is 0 Å². The number of nitrogens with zero attached hydrogens (tertiary/aromatic N) is 2. The zero-order chi connectivity index (χ0) is 60.1. The maximum absolute atomic E-state index is 13.8. The molecule has 0 atom stereocenters. The number of amides is 4. The quantitative estimate of drug-likeness (QED) is 0.0248. The number of hydrogen-bond donors (Lipinski definition) is 6. The van der Waals surface area contributed by atoms with Crippen LogP contribution in [0.5, 0.6) is 23.0 Å². The smallest absolute Gasteiger partial charge is 0.257 e. The van der Waals surface area contributed by atoms with Crippen molar-refractivity contribution in [1.82, 2.24) is 41.7 Å². The zero-order valence-electron chi connectivity index (χ0n) is 52.5. The van der Waals surface area contributed by atoms with Crippen LogP contribution in [0.2, 0.25) is 0 Å². The third kappa shape index (κ3) is 23.9. The Balaban J connectivity index is 2.04.